The van der Waals surface area contributed by atoms with Crippen LogP contribution in [0.2, 0.25) is 0 Å². The van der Waals surface area contributed by atoms with E-state index < -0.39 is 0 Å². The van der Waals surface area contributed by atoms with Crippen molar-refractivity contribution in [1.29, 1.82) is 0 Å². The Balaban J connectivity index is 2.14. The van der Waals surface area contributed by atoms with Crippen molar-refractivity contribution in [3.05, 3.63) is 42.5 Å². The second kappa shape index (κ2) is 7.12. The van der Waals surface area contributed by atoms with Crippen molar-refractivity contribution >= 4 is 17.7 Å². The molecule has 3 heteroatoms. The van der Waals surface area contributed by atoms with Gasteiger partial charge in [0, 0.05) is 17.6 Å². The summed E-state index contributed by atoms with van der Waals surface area (Å²) >= 11 is 1.75. The summed E-state index contributed by atoms with van der Waals surface area (Å²) in [7, 11) is 0. The molecule has 0 heterocycles. The third-order valence-corrected chi connectivity index (χ3v) is 2.60. The van der Waals surface area contributed by atoms with Gasteiger partial charge in [-0.3, -0.25) is 4.79 Å². The minimum Gasteiger partial charge on any atom is -0.462 e. The molecule has 1 aromatic rings. The quantitative estimate of drug-likeness (QED) is 0.435. The Morgan fingerprint density at radius 2 is 2.07 bits per heavy atom. The molecule has 15 heavy (non-hydrogen) atoms. The average Bonchev–Trinajstić information content (AvgIpc) is 2.24. The first-order chi connectivity index (χ1) is 7.29. The molecule has 0 fully saturated rings. The Morgan fingerprint density at radius 3 is 2.73 bits per heavy atom. The lowest BCUT2D eigenvalue weighted by Crippen LogP contribution is -1.97. The van der Waals surface area contributed by atoms with E-state index in [4.69, 9.17) is 4.74 Å². The summed E-state index contributed by atoms with van der Waals surface area (Å²) in [5.74, 6) is 0.654. The molecule has 0 aliphatic rings. The molecule has 0 N–H and O–H groups in total. The average molecular weight is 222 g/mol. The molecule has 80 valence electrons. The van der Waals surface area contributed by atoms with Crippen LogP contribution in [-0.2, 0) is 9.53 Å². The number of rotatable bonds is 5. The Hall–Kier alpha value is -1.22. The SMILES string of the molecule is CC(=O)OC/C=C/CSc1ccccc1. The van der Waals surface area contributed by atoms with E-state index in [9.17, 15) is 4.79 Å². The summed E-state index contributed by atoms with van der Waals surface area (Å²) in [5, 5.41) is 0. The molecule has 0 atom stereocenters. The van der Waals surface area contributed by atoms with Gasteiger partial charge in [0.05, 0.1) is 0 Å². The van der Waals surface area contributed by atoms with Gasteiger partial charge in [-0.15, -0.1) is 11.8 Å². The van der Waals surface area contributed by atoms with E-state index in [1.54, 1.807) is 11.8 Å². The highest BCUT2D eigenvalue weighted by Crippen LogP contribution is 2.16. The predicted molar refractivity (Wildman–Crippen MR) is 62.9 cm³/mol. The fraction of sp³-hybridized carbons (Fsp3) is 0.250. The van der Waals surface area contributed by atoms with Gasteiger partial charge in [-0.25, -0.2) is 0 Å². The molecule has 0 aromatic heterocycles. The molecule has 0 saturated heterocycles. The van der Waals surface area contributed by atoms with Crippen molar-refractivity contribution in [2.45, 2.75) is 11.8 Å². The van der Waals surface area contributed by atoms with Crippen molar-refractivity contribution < 1.29 is 9.53 Å². The molecule has 0 amide bonds. The van der Waals surface area contributed by atoms with Gasteiger partial charge in [-0.2, -0.15) is 0 Å². The number of carbonyl (C=O) groups is 1. The maximum absolute atomic E-state index is 10.4. The molecule has 0 aliphatic heterocycles. The van der Waals surface area contributed by atoms with Gasteiger partial charge in [-0.05, 0) is 12.1 Å². The molecule has 1 aromatic carbocycles. The smallest absolute Gasteiger partial charge is 0.302 e. The van der Waals surface area contributed by atoms with Crippen LogP contribution < -0.4 is 0 Å². The number of thioether (sulfide) groups is 1. The zero-order valence-corrected chi connectivity index (χ0v) is 9.50. The standard InChI is InChI=1S/C12H14O2S/c1-11(13)14-9-5-6-10-15-12-7-3-2-4-8-12/h2-8H,9-10H2,1H3/b6-5+. The Bertz CT molecular complexity index is 320. The van der Waals surface area contributed by atoms with Crippen molar-refractivity contribution in [2.75, 3.05) is 12.4 Å². The van der Waals surface area contributed by atoms with Crippen molar-refractivity contribution in [1.82, 2.24) is 0 Å². The van der Waals surface area contributed by atoms with E-state index >= 15 is 0 Å². The summed E-state index contributed by atoms with van der Waals surface area (Å²) < 4.78 is 4.76. The van der Waals surface area contributed by atoms with Crippen LogP contribution in [0.5, 0.6) is 0 Å². The number of hydrogen-bond donors (Lipinski definition) is 0. The van der Waals surface area contributed by atoms with E-state index in [-0.39, 0.29) is 5.97 Å². The lowest BCUT2D eigenvalue weighted by molar-refractivity contribution is -0.139. The topological polar surface area (TPSA) is 26.3 Å². The van der Waals surface area contributed by atoms with Gasteiger partial charge < -0.3 is 4.74 Å². The van der Waals surface area contributed by atoms with Gasteiger partial charge in [0.15, 0.2) is 0 Å². The summed E-state index contributed by atoms with van der Waals surface area (Å²) in [6.07, 6.45) is 3.86. The second-order valence-corrected chi connectivity index (χ2v) is 3.99. The Kier molecular flexibility index (Phi) is 5.63. The molecule has 0 spiro atoms. The Labute approximate surface area is 94.3 Å². The normalized spacial score (nSPS) is 10.5. The highest BCUT2D eigenvalue weighted by atomic mass is 32.2. The van der Waals surface area contributed by atoms with Crippen LogP contribution in [0.4, 0.5) is 0 Å². The molecule has 2 nitrogen and oxygen atoms in total. The lowest BCUT2D eigenvalue weighted by atomic mass is 10.4. The molecule has 0 bridgehead atoms. The predicted octanol–water partition coefficient (Wildman–Crippen LogP) is 2.90. The maximum atomic E-state index is 10.4. The molecule has 0 radical (unpaired) electrons. The van der Waals surface area contributed by atoms with Crippen molar-refractivity contribution in [3.63, 3.8) is 0 Å². The van der Waals surface area contributed by atoms with Crippen molar-refractivity contribution in [2.24, 2.45) is 0 Å². The fourth-order valence-corrected chi connectivity index (χ4v) is 1.74. The summed E-state index contributed by atoms with van der Waals surface area (Å²) in [4.78, 5) is 11.7. The van der Waals surface area contributed by atoms with Gasteiger partial charge in [0.1, 0.15) is 6.61 Å². The number of ether oxygens (including phenoxy) is 1. The van der Waals surface area contributed by atoms with E-state index in [0.717, 1.165) is 5.75 Å². The zero-order valence-electron chi connectivity index (χ0n) is 8.68. The first-order valence-electron chi connectivity index (χ1n) is 4.75. The van der Waals surface area contributed by atoms with E-state index in [1.165, 1.54) is 11.8 Å². The minimum atomic E-state index is -0.240. The van der Waals surface area contributed by atoms with Gasteiger partial charge in [-0.1, -0.05) is 30.4 Å². The monoisotopic (exact) mass is 222 g/mol. The molecular weight excluding hydrogens is 208 g/mol. The molecule has 0 unspecified atom stereocenters. The van der Waals surface area contributed by atoms with Crippen LogP contribution in [0.3, 0.4) is 0 Å². The van der Waals surface area contributed by atoms with Crippen LogP contribution in [0.1, 0.15) is 6.92 Å². The molecule has 0 saturated carbocycles. The maximum Gasteiger partial charge on any atom is 0.302 e. The summed E-state index contributed by atoms with van der Waals surface area (Å²) in [6.45, 7) is 1.78. The van der Waals surface area contributed by atoms with Crippen LogP contribution in [-0.4, -0.2) is 18.3 Å². The van der Waals surface area contributed by atoms with Gasteiger partial charge in [0.2, 0.25) is 0 Å². The fourth-order valence-electron chi connectivity index (χ4n) is 0.963. The third kappa shape index (κ3) is 5.96. The number of esters is 1. The molecule has 0 aliphatic carbocycles. The van der Waals surface area contributed by atoms with Crippen molar-refractivity contribution in [3.8, 4) is 0 Å². The van der Waals surface area contributed by atoms with E-state index in [0.29, 0.717) is 6.61 Å². The highest BCUT2D eigenvalue weighted by molar-refractivity contribution is 7.99. The highest BCUT2D eigenvalue weighted by Gasteiger charge is 1.89. The van der Waals surface area contributed by atoms with E-state index in [1.807, 2.05) is 30.4 Å². The zero-order chi connectivity index (χ0) is 10.9. The Morgan fingerprint density at radius 1 is 1.33 bits per heavy atom. The van der Waals surface area contributed by atoms with Crippen LogP contribution in [0, 0.1) is 0 Å². The molecule has 1 rings (SSSR count). The van der Waals surface area contributed by atoms with Gasteiger partial charge in [0.25, 0.3) is 0 Å². The first-order valence-corrected chi connectivity index (χ1v) is 5.74. The van der Waals surface area contributed by atoms with Gasteiger partial charge >= 0.3 is 5.97 Å². The van der Waals surface area contributed by atoms with E-state index in [2.05, 4.69) is 12.1 Å². The summed E-state index contributed by atoms with van der Waals surface area (Å²) in [5.41, 5.74) is 0. The first kappa shape index (κ1) is 11.9. The second-order valence-electron chi connectivity index (χ2n) is 2.90. The minimum absolute atomic E-state index is 0.240. The largest absolute Gasteiger partial charge is 0.462 e. The number of benzene rings is 1. The van der Waals surface area contributed by atoms with Crippen LogP contribution >= 0.6 is 11.8 Å². The van der Waals surface area contributed by atoms with Crippen LogP contribution in [0.15, 0.2) is 47.4 Å². The number of carbonyl (C=O) groups excluding carboxylic acids is 1. The molecular formula is C12H14O2S. The van der Waals surface area contributed by atoms with Crippen LogP contribution in [0.25, 0.3) is 0 Å². The third-order valence-electron chi connectivity index (χ3n) is 1.64. The number of hydrogen-bond acceptors (Lipinski definition) is 3. The lowest BCUT2D eigenvalue weighted by Gasteiger charge is -1.97. The summed E-state index contributed by atoms with van der Waals surface area (Å²) in [6, 6.07) is 10.2.